The van der Waals surface area contributed by atoms with Gasteiger partial charge < -0.3 is 14.9 Å². The van der Waals surface area contributed by atoms with E-state index in [4.69, 9.17) is 0 Å². The molecule has 0 saturated carbocycles. The van der Waals surface area contributed by atoms with Crippen molar-refractivity contribution < 1.29 is 14.7 Å². The maximum Gasteiger partial charge on any atom is 0.224 e. The fourth-order valence-corrected chi connectivity index (χ4v) is 3.42. The average Bonchev–Trinajstić information content (AvgIpc) is 2.90. The van der Waals surface area contributed by atoms with Crippen LogP contribution in [0.3, 0.4) is 0 Å². The van der Waals surface area contributed by atoms with Crippen molar-refractivity contribution in [2.45, 2.75) is 38.5 Å². The molecular formula is C16H26N2O3. The zero-order valence-corrected chi connectivity index (χ0v) is 12.7. The summed E-state index contributed by atoms with van der Waals surface area (Å²) in [6.07, 6.45) is 6.33. The van der Waals surface area contributed by atoms with Crippen molar-refractivity contribution >= 4 is 11.8 Å². The first-order valence-corrected chi connectivity index (χ1v) is 7.87. The Morgan fingerprint density at radius 3 is 2.81 bits per heavy atom. The predicted octanol–water partition coefficient (Wildman–Crippen LogP) is 1.18. The number of hydrogen-bond acceptors (Lipinski definition) is 3. The minimum atomic E-state index is -0.223. The SMILES string of the molecule is C=CCC1(CO)CCCN(C(=O)CCN2CCCC2=O)C1. The molecule has 0 radical (unpaired) electrons. The van der Waals surface area contributed by atoms with Crippen molar-refractivity contribution in [3.63, 3.8) is 0 Å². The minimum absolute atomic E-state index is 0.0907. The van der Waals surface area contributed by atoms with Crippen LogP contribution in [0.2, 0.25) is 0 Å². The molecule has 21 heavy (non-hydrogen) atoms. The number of piperidine rings is 1. The molecule has 2 rings (SSSR count). The Balaban J connectivity index is 1.86. The third kappa shape index (κ3) is 3.84. The maximum atomic E-state index is 12.3. The van der Waals surface area contributed by atoms with Gasteiger partial charge in [-0.25, -0.2) is 0 Å². The van der Waals surface area contributed by atoms with Gasteiger partial charge >= 0.3 is 0 Å². The van der Waals surface area contributed by atoms with E-state index in [0.717, 1.165) is 38.8 Å². The second kappa shape index (κ2) is 7.07. The number of hydrogen-bond donors (Lipinski definition) is 1. The first-order valence-electron chi connectivity index (χ1n) is 7.87. The Morgan fingerprint density at radius 1 is 1.38 bits per heavy atom. The number of amides is 2. The number of aliphatic hydroxyl groups is 1. The van der Waals surface area contributed by atoms with Gasteiger partial charge in [0.1, 0.15) is 0 Å². The molecule has 0 bridgehead atoms. The van der Waals surface area contributed by atoms with E-state index in [1.165, 1.54) is 0 Å². The number of likely N-dealkylation sites (tertiary alicyclic amines) is 2. The van der Waals surface area contributed by atoms with Crippen LogP contribution in [0, 0.1) is 5.41 Å². The smallest absolute Gasteiger partial charge is 0.224 e. The molecule has 0 aromatic heterocycles. The Bertz CT molecular complexity index is 410. The van der Waals surface area contributed by atoms with Gasteiger partial charge in [-0.2, -0.15) is 0 Å². The summed E-state index contributed by atoms with van der Waals surface area (Å²) in [5.74, 6) is 0.258. The van der Waals surface area contributed by atoms with Crippen LogP contribution in [0.25, 0.3) is 0 Å². The van der Waals surface area contributed by atoms with E-state index >= 15 is 0 Å². The van der Waals surface area contributed by atoms with Gasteiger partial charge in [-0.3, -0.25) is 9.59 Å². The molecule has 1 N–H and O–H groups in total. The zero-order chi connectivity index (χ0) is 15.3. The van der Waals surface area contributed by atoms with Crippen molar-refractivity contribution in [3.8, 4) is 0 Å². The second-order valence-corrected chi connectivity index (χ2v) is 6.30. The third-order valence-electron chi connectivity index (χ3n) is 4.69. The Morgan fingerprint density at radius 2 is 2.19 bits per heavy atom. The van der Waals surface area contributed by atoms with Crippen molar-refractivity contribution in [1.82, 2.24) is 9.80 Å². The highest BCUT2D eigenvalue weighted by Crippen LogP contribution is 2.33. The van der Waals surface area contributed by atoms with Gasteiger partial charge in [-0.15, -0.1) is 6.58 Å². The van der Waals surface area contributed by atoms with Crippen LogP contribution in [0.1, 0.15) is 38.5 Å². The van der Waals surface area contributed by atoms with Crippen LogP contribution in [0.15, 0.2) is 12.7 Å². The molecule has 5 heteroatoms. The lowest BCUT2D eigenvalue weighted by atomic mass is 9.78. The first kappa shape index (κ1) is 16.0. The van der Waals surface area contributed by atoms with Crippen LogP contribution in [0.4, 0.5) is 0 Å². The third-order valence-corrected chi connectivity index (χ3v) is 4.69. The summed E-state index contributed by atoms with van der Waals surface area (Å²) in [5, 5.41) is 9.67. The number of carbonyl (C=O) groups excluding carboxylic acids is 2. The zero-order valence-electron chi connectivity index (χ0n) is 12.7. The van der Waals surface area contributed by atoms with Gasteiger partial charge in [0, 0.05) is 44.4 Å². The van der Waals surface area contributed by atoms with Gasteiger partial charge in [-0.05, 0) is 25.7 Å². The van der Waals surface area contributed by atoms with Crippen LogP contribution in [-0.2, 0) is 9.59 Å². The predicted molar refractivity (Wildman–Crippen MR) is 80.6 cm³/mol. The topological polar surface area (TPSA) is 60.9 Å². The fourth-order valence-electron chi connectivity index (χ4n) is 3.42. The van der Waals surface area contributed by atoms with E-state index in [9.17, 15) is 14.7 Å². The molecule has 5 nitrogen and oxygen atoms in total. The van der Waals surface area contributed by atoms with Crippen LogP contribution in [-0.4, -0.2) is 59.5 Å². The van der Waals surface area contributed by atoms with E-state index in [0.29, 0.717) is 25.9 Å². The van der Waals surface area contributed by atoms with E-state index < -0.39 is 0 Å². The minimum Gasteiger partial charge on any atom is -0.396 e. The first-order chi connectivity index (χ1) is 10.1. The maximum absolute atomic E-state index is 12.3. The van der Waals surface area contributed by atoms with E-state index in [2.05, 4.69) is 6.58 Å². The van der Waals surface area contributed by atoms with E-state index in [1.807, 2.05) is 11.0 Å². The molecule has 0 aliphatic carbocycles. The van der Waals surface area contributed by atoms with Crippen molar-refractivity contribution in [2.24, 2.45) is 5.41 Å². The molecule has 2 aliphatic heterocycles. The fraction of sp³-hybridized carbons (Fsp3) is 0.750. The lowest BCUT2D eigenvalue weighted by Crippen LogP contribution is -2.48. The van der Waals surface area contributed by atoms with Crippen LogP contribution >= 0.6 is 0 Å². The van der Waals surface area contributed by atoms with E-state index in [1.54, 1.807) is 4.90 Å². The number of nitrogens with zero attached hydrogens (tertiary/aromatic N) is 2. The van der Waals surface area contributed by atoms with Crippen molar-refractivity contribution in [1.29, 1.82) is 0 Å². The van der Waals surface area contributed by atoms with Gasteiger partial charge in [0.25, 0.3) is 0 Å². The summed E-state index contributed by atoms with van der Waals surface area (Å²) in [4.78, 5) is 27.5. The summed E-state index contributed by atoms with van der Waals surface area (Å²) in [6.45, 7) is 6.51. The number of rotatable bonds is 6. The number of aliphatic hydroxyl groups excluding tert-OH is 1. The summed E-state index contributed by atoms with van der Waals surface area (Å²) >= 11 is 0. The molecule has 2 fully saturated rings. The largest absolute Gasteiger partial charge is 0.396 e. The van der Waals surface area contributed by atoms with E-state index in [-0.39, 0.29) is 23.8 Å². The van der Waals surface area contributed by atoms with Crippen LogP contribution in [0.5, 0.6) is 0 Å². The quantitative estimate of drug-likeness (QED) is 0.748. The second-order valence-electron chi connectivity index (χ2n) is 6.30. The number of carbonyl (C=O) groups is 2. The molecule has 2 saturated heterocycles. The standard InChI is InChI=1S/C16H26N2O3/c1-2-7-16(13-19)8-4-10-18(12-16)15(21)6-11-17-9-3-5-14(17)20/h2,19H,1,3-13H2. The molecule has 0 aromatic rings. The molecule has 118 valence electrons. The highest BCUT2D eigenvalue weighted by Gasteiger charge is 2.35. The summed E-state index contributed by atoms with van der Waals surface area (Å²) < 4.78 is 0. The van der Waals surface area contributed by atoms with Crippen molar-refractivity contribution in [3.05, 3.63) is 12.7 Å². The Hall–Kier alpha value is -1.36. The Kier molecular flexibility index (Phi) is 5.39. The summed E-state index contributed by atoms with van der Waals surface area (Å²) in [6, 6.07) is 0. The summed E-state index contributed by atoms with van der Waals surface area (Å²) in [7, 11) is 0. The lowest BCUT2D eigenvalue weighted by molar-refractivity contribution is -0.136. The molecule has 1 atom stereocenters. The van der Waals surface area contributed by atoms with Gasteiger partial charge in [0.2, 0.25) is 11.8 Å². The average molecular weight is 294 g/mol. The molecular weight excluding hydrogens is 268 g/mol. The summed E-state index contributed by atoms with van der Waals surface area (Å²) in [5.41, 5.74) is -0.223. The molecule has 0 aromatic carbocycles. The highest BCUT2D eigenvalue weighted by molar-refractivity contribution is 5.80. The van der Waals surface area contributed by atoms with Gasteiger partial charge in [-0.1, -0.05) is 6.08 Å². The molecule has 2 aliphatic rings. The molecule has 1 unspecified atom stereocenters. The lowest BCUT2D eigenvalue weighted by Gasteiger charge is -2.41. The normalized spacial score (nSPS) is 26.2. The van der Waals surface area contributed by atoms with Crippen molar-refractivity contribution in [2.75, 3.05) is 32.8 Å². The van der Waals surface area contributed by atoms with Gasteiger partial charge in [0.05, 0.1) is 6.61 Å². The number of allylic oxidation sites excluding steroid dienone is 1. The molecule has 2 heterocycles. The van der Waals surface area contributed by atoms with Crippen LogP contribution < -0.4 is 0 Å². The molecule has 2 amide bonds. The molecule has 0 spiro atoms. The Labute approximate surface area is 126 Å². The highest BCUT2D eigenvalue weighted by atomic mass is 16.3. The monoisotopic (exact) mass is 294 g/mol. The van der Waals surface area contributed by atoms with Gasteiger partial charge in [0.15, 0.2) is 0 Å².